The van der Waals surface area contributed by atoms with E-state index in [1.165, 1.54) is 34.0 Å². The Labute approximate surface area is 251 Å². The highest BCUT2D eigenvalue weighted by molar-refractivity contribution is 7.09. The molecule has 8 nitrogen and oxygen atoms in total. The first-order valence-corrected chi connectivity index (χ1v) is 15.8. The van der Waals surface area contributed by atoms with Gasteiger partial charge in [-0.3, -0.25) is 0 Å². The SMILES string of the molecule is CC(C)(C)OC(Cc1ccccc1)(C(=O)O)c1csc(CC(C)(C)OC(Cc2ccsc2)(C(=O)O)c2cscn2)n1. The van der Waals surface area contributed by atoms with Crippen molar-refractivity contribution in [3.05, 3.63) is 91.0 Å². The lowest BCUT2D eigenvalue weighted by Gasteiger charge is -2.37. The molecule has 1 aromatic carbocycles. The molecule has 4 aromatic rings. The maximum Gasteiger partial charge on any atom is 0.342 e. The van der Waals surface area contributed by atoms with Crippen molar-refractivity contribution in [1.29, 1.82) is 0 Å². The number of hydrogen-bond donors (Lipinski definition) is 2. The van der Waals surface area contributed by atoms with Crippen LogP contribution in [0.1, 0.15) is 62.1 Å². The number of thiazole rings is 2. The number of ether oxygens (including phenoxy) is 2. The molecule has 0 aliphatic rings. The summed E-state index contributed by atoms with van der Waals surface area (Å²) in [6, 6.07) is 11.2. The van der Waals surface area contributed by atoms with Gasteiger partial charge in [-0.05, 0) is 62.6 Å². The van der Waals surface area contributed by atoms with Gasteiger partial charge in [-0.25, -0.2) is 19.6 Å². The lowest BCUT2D eigenvalue weighted by molar-refractivity contribution is -0.191. The summed E-state index contributed by atoms with van der Waals surface area (Å²) in [6.45, 7) is 9.07. The molecule has 0 radical (unpaired) electrons. The maximum atomic E-state index is 12.9. The number of hydrogen-bond acceptors (Lipinski definition) is 9. The van der Waals surface area contributed by atoms with Crippen molar-refractivity contribution >= 4 is 45.9 Å². The van der Waals surface area contributed by atoms with E-state index in [1.807, 2.05) is 81.8 Å². The second kappa shape index (κ2) is 12.1. The highest BCUT2D eigenvalue weighted by atomic mass is 32.1. The minimum absolute atomic E-state index is 0.0934. The van der Waals surface area contributed by atoms with Crippen molar-refractivity contribution in [2.75, 3.05) is 0 Å². The zero-order chi connectivity index (χ0) is 29.9. The van der Waals surface area contributed by atoms with Crippen molar-refractivity contribution in [3.63, 3.8) is 0 Å². The van der Waals surface area contributed by atoms with Crippen LogP contribution in [0, 0.1) is 0 Å². The third kappa shape index (κ3) is 7.28. The van der Waals surface area contributed by atoms with Crippen LogP contribution in [-0.2, 0) is 49.5 Å². The van der Waals surface area contributed by atoms with E-state index in [2.05, 4.69) is 4.98 Å². The van der Waals surface area contributed by atoms with Crippen LogP contribution in [-0.4, -0.2) is 43.3 Å². The molecule has 218 valence electrons. The Morgan fingerprint density at radius 2 is 1.44 bits per heavy atom. The predicted molar refractivity (Wildman–Crippen MR) is 161 cm³/mol. The number of aromatic nitrogens is 2. The van der Waals surface area contributed by atoms with Gasteiger partial charge >= 0.3 is 11.9 Å². The van der Waals surface area contributed by atoms with Gasteiger partial charge in [0.1, 0.15) is 0 Å². The molecule has 3 aromatic heterocycles. The average Bonchev–Trinajstić information content (AvgIpc) is 3.66. The van der Waals surface area contributed by atoms with Gasteiger partial charge < -0.3 is 19.7 Å². The van der Waals surface area contributed by atoms with Gasteiger partial charge in [0.05, 0.1) is 33.1 Å². The largest absolute Gasteiger partial charge is 0.479 e. The fraction of sp³-hybridized carbons (Fsp3) is 0.400. The molecule has 3 heterocycles. The Kier molecular flexibility index (Phi) is 9.15. The van der Waals surface area contributed by atoms with Gasteiger partial charge in [0.25, 0.3) is 0 Å². The average molecular weight is 615 g/mol. The summed E-state index contributed by atoms with van der Waals surface area (Å²) >= 11 is 4.10. The highest BCUT2D eigenvalue weighted by Crippen LogP contribution is 2.39. The van der Waals surface area contributed by atoms with Gasteiger partial charge in [0.2, 0.25) is 11.2 Å². The number of thiophene rings is 1. The molecule has 2 N–H and O–H groups in total. The molecule has 41 heavy (non-hydrogen) atoms. The smallest absolute Gasteiger partial charge is 0.342 e. The van der Waals surface area contributed by atoms with Crippen LogP contribution in [0.25, 0.3) is 0 Å². The summed E-state index contributed by atoms with van der Waals surface area (Å²) in [5.41, 5.74) is -1.33. The van der Waals surface area contributed by atoms with Crippen LogP contribution < -0.4 is 0 Å². The van der Waals surface area contributed by atoms with Crippen LogP contribution in [0.5, 0.6) is 0 Å². The molecule has 2 unspecified atom stereocenters. The molecule has 0 saturated heterocycles. The third-order valence-electron chi connectivity index (χ3n) is 6.34. The summed E-state index contributed by atoms with van der Waals surface area (Å²) in [7, 11) is 0. The molecule has 11 heteroatoms. The van der Waals surface area contributed by atoms with Crippen molar-refractivity contribution in [2.45, 2.75) is 76.3 Å². The second-order valence-corrected chi connectivity index (χ2v) is 13.9. The van der Waals surface area contributed by atoms with Crippen molar-refractivity contribution in [3.8, 4) is 0 Å². The van der Waals surface area contributed by atoms with Gasteiger partial charge in [-0.1, -0.05) is 30.3 Å². The second-order valence-electron chi connectivity index (χ2n) is 11.5. The monoisotopic (exact) mass is 614 g/mol. The van der Waals surface area contributed by atoms with E-state index < -0.39 is 34.3 Å². The van der Waals surface area contributed by atoms with E-state index in [9.17, 15) is 19.8 Å². The molecule has 0 saturated carbocycles. The fourth-order valence-corrected chi connectivity index (χ4v) is 7.12. The van der Waals surface area contributed by atoms with E-state index in [1.54, 1.807) is 16.3 Å². The molecule has 0 bridgehead atoms. The topological polar surface area (TPSA) is 119 Å². The van der Waals surface area contributed by atoms with Crippen LogP contribution in [0.15, 0.2) is 63.4 Å². The number of carboxylic acids is 2. The Bertz CT molecular complexity index is 1440. The summed E-state index contributed by atoms with van der Waals surface area (Å²) in [5.74, 6) is -2.26. The van der Waals surface area contributed by atoms with E-state index in [0.717, 1.165) is 11.1 Å². The standard InChI is InChI=1S/C30H34N2O6S3/c1-27(2,3)37-30(26(35)36,13-20-9-7-6-8-10-20)23-18-41-24(32-23)15-28(4,5)38-29(25(33)34,22-17-40-19-31-22)14-21-11-12-39-16-21/h6-12,16-19H,13-15H2,1-5H3,(H,33,34)(H,35,36). The van der Waals surface area contributed by atoms with E-state index >= 15 is 0 Å². The molecule has 0 aliphatic heterocycles. The molecule has 0 amide bonds. The first kappa shape index (κ1) is 31.0. The Morgan fingerprint density at radius 3 is 2.00 bits per heavy atom. The van der Waals surface area contributed by atoms with Crippen molar-refractivity contribution in [1.82, 2.24) is 9.97 Å². The van der Waals surface area contributed by atoms with E-state index in [-0.39, 0.29) is 19.3 Å². The highest BCUT2D eigenvalue weighted by Gasteiger charge is 2.49. The van der Waals surface area contributed by atoms with Gasteiger partial charge in [0, 0.05) is 30.0 Å². The van der Waals surface area contributed by atoms with Crippen LogP contribution >= 0.6 is 34.0 Å². The predicted octanol–water partition coefficient (Wildman–Crippen LogP) is 6.56. The molecular formula is C30H34N2O6S3. The summed E-state index contributed by atoms with van der Waals surface area (Å²) in [4.78, 5) is 34.8. The van der Waals surface area contributed by atoms with E-state index in [0.29, 0.717) is 16.4 Å². The lowest BCUT2D eigenvalue weighted by Crippen LogP contribution is -2.48. The van der Waals surface area contributed by atoms with Gasteiger partial charge in [-0.2, -0.15) is 11.3 Å². The number of benzene rings is 1. The number of rotatable bonds is 13. The number of carboxylic acid groups (broad SMARTS) is 2. The van der Waals surface area contributed by atoms with Gasteiger partial charge in [0.15, 0.2) is 0 Å². The fourth-order valence-electron chi connectivity index (χ4n) is 4.76. The third-order valence-corrected chi connectivity index (χ3v) is 8.51. The molecule has 0 spiro atoms. The summed E-state index contributed by atoms with van der Waals surface area (Å²) in [6.07, 6.45) is 0.452. The normalized spacial score (nSPS) is 15.2. The molecular weight excluding hydrogens is 581 g/mol. The molecule has 0 fully saturated rings. The Balaban J connectivity index is 1.67. The van der Waals surface area contributed by atoms with Crippen molar-refractivity contribution in [2.24, 2.45) is 0 Å². The van der Waals surface area contributed by atoms with Crippen LogP contribution in [0.4, 0.5) is 0 Å². The number of carbonyl (C=O) groups is 2. The van der Waals surface area contributed by atoms with Crippen molar-refractivity contribution < 1.29 is 29.3 Å². The molecule has 0 aliphatic carbocycles. The summed E-state index contributed by atoms with van der Waals surface area (Å²) in [5, 5.41) is 28.8. The Hall–Kier alpha value is -2.96. The number of nitrogens with zero attached hydrogens (tertiary/aromatic N) is 2. The minimum Gasteiger partial charge on any atom is -0.479 e. The minimum atomic E-state index is -1.72. The number of aliphatic carboxylic acids is 2. The molecule has 4 rings (SSSR count). The van der Waals surface area contributed by atoms with Crippen LogP contribution in [0.2, 0.25) is 0 Å². The zero-order valence-electron chi connectivity index (χ0n) is 23.6. The van der Waals surface area contributed by atoms with Gasteiger partial charge in [-0.15, -0.1) is 22.7 Å². The molecule has 2 atom stereocenters. The van der Waals surface area contributed by atoms with Crippen LogP contribution in [0.3, 0.4) is 0 Å². The van der Waals surface area contributed by atoms with E-state index in [4.69, 9.17) is 14.5 Å². The lowest BCUT2D eigenvalue weighted by atomic mass is 9.90. The summed E-state index contributed by atoms with van der Waals surface area (Å²) < 4.78 is 12.8. The zero-order valence-corrected chi connectivity index (χ0v) is 26.1. The Morgan fingerprint density at radius 1 is 0.780 bits per heavy atom. The first-order valence-electron chi connectivity index (χ1n) is 13.0. The quantitative estimate of drug-likeness (QED) is 0.174. The maximum absolute atomic E-state index is 12.9. The first-order chi connectivity index (χ1) is 19.2.